The van der Waals surface area contributed by atoms with Crippen molar-refractivity contribution >= 4 is 11.9 Å². The minimum absolute atomic E-state index is 0.119. The van der Waals surface area contributed by atoms with Gasteiger partial charge in [0.15, 0.2) is 0 Å². The highest BCUT2D eigenvalue weighted by atomic mass is 16.5. The zero-order valence-corrected chi connectivity index (χ0v) is 15.3. The van der Waals surface area contributed by atoms with Crippen molar-refractivity contribution in [3.8, 4) is 5.75 Å². The molecule has 6 heteroatoms. The topological polar surface area (TPSA) is 67.3 Å². The van der Waals surface area contributed by atoms with Gasteiger partial charge in [0, 0.05) is 24.8 Å². The quantitative estimate of drug-likeness (QED) is 0.738. The highest BCUT2D eigenvalue weighted by Crippen LogP contribution is 2.15. The van der Waals surface area contributed by atoms with Gasteiger partial charge < -0.3 is 15.0 Å². The maximum Gasteiger partial charge on any atom is 0.251 e. The Morgan fingerprint density at radius 3 is 2.69 bits per heavy atom. The zero-order valence-electron chi connectivity index (χ0n) is 15.3. The van der Waals surface area contributed by atoms with E-state index in [1.807, 2.05) is 18.2 Å². The summed E-state index contributed by atoms with van der Waals surface area (Å²) in [6.45, 7) is 5.22. The summed E-state index contributed by atoms with van der Waals surface area (Å²) in [5.41, 5.74) is 1.43. The van der Waals surface area contributed by atoms with Crippen molar-refractivity contribution in [1.29, 1.82) is 0 Å². The van der Waals surface area contributed by atoms with Gasteiger partial charge in [-0.3, -0.25) is 4.79 Å². The highest BCUT2D eigenvalue weighted by molar-refractivity contribution is 5.94. The fourth-order valence-electron chi connectivity index (χ4n) is 2.86. The lowest BCUT2D eigenvalue weighted by atomic mass is 10.2. The first-order chi connectivity index (χ1) is 12.8. The Morgan fingerprint density at radius 2 is 1.96 bits per heavy atom. The summed E-state index contributed by atoms with van der Waals surface area (Å²) in [4.78, 5) is 23.4. The van der Waals surface area contributed by atoms with E-state index >= 15 is 0 Å². The van der Waals surface area contributed by atoms with E-state index in [2.05, 4.69) is 27.1 Å². The van der Waals surface area contributed by atoms with Gasteiger partial charge in [-0.2, -0.15) is 0 Å². The second-order valence-corrected chi connectivity index (χ2v) is 6.45. The Labute approximate surface area is 154 Å². The minimum Gasteiger partial charge on any atom is -0.494 e. The van der Waals surface area contributed by atoms with Crippen molar-refractivity contribution in [2.45, 2.75) is 39.2 Å². The molecule has 2 aromatic rings. The van der Waals surface area contributed by atoms with Crippen molar-refractivity contribution in [3.63, 3.8) is 0 Å². The van der Waals surface area contributed by atoms with E-state index in [-0.39, 0.29) is 5.91 Å². The summed E-state index contributed by atoms with van der Waals surface area (Å²) < 4.78 is 5.62. The fourth-order valence-corrected chi connectivity index (χ4v) is 2.86. The Balaban J connectivity index is 1.52. The lowest BCUT2D eigenvalue weighted by Gasteiger charge is -2.15. The summed E-state index contributed by atoms with van der Waals surface area (Å²) in [5, 5.41) is 2.92. The number of carbonyl (C=O) groups is 1. The van der Waals surface area contributed by atoms with Gasteiger partial charge in [-0.25, -0.2) is 9.97 Å². The standard InChI is InChI=1S/C20H26N4O2/c1-2-3-14-26-18-8-6-16(7-9-18)19(25)22-15-17-10-11-21-20(23-17)24-12-4-5-13-24/h6-11H,2-5,12-15H2,1H3,(H,22,25). The molecule has 6 nitrogen and oxygen atoms in total. The third kappa shape index (κ3) is 4.94. The van der Waals surface area contributed by atoms with Gasteiger partial charge in [0.05, 0.1) is 18.8 Å². The van der Waals surface area contributed by atoms with Crippen LogP contribution in [-0.2, 0) is 6.54 Å². The molecular weight excluding hydrogens is 328 g/mol. The maximum absolute atomic E-state index is 12.3. The van der Waals surface area contributed by atoms with Gasteiger partial charge in [0.1, 0.15) is 5.75 Å². The molecule has 1 aliphatic heterocycles. The van der Waals surface area contributed by atoms with Gasteiger partial charge in [-0.1, -0.05) is 13.3 Å². The smallest absolute Gasteiger partial charge is 0.251 e. The van der Waals surface area contributed by atoms with E-state index < -0.39 is 0 Å². The Morgan fingerprint density at radius 1 is 1.19 bits per heavy atom. The number of hydrogen-bond donors (Lipinski definition) is 1. The first-order valence-electron chi connectivity index (χ1n) is 9.34. The molecule has 3 rings (SSSR count). The molecular formula is C20H26N4O2. The molecule has 0 saturated carbocycles. The monoisotopic (exact) mass is 354 g/mol. The number of nitrogens with one attached hydrogen (secondary N) is 1. The number of anilines is 1. The van der Waals surface area contributed by atoms with Crippen molar-refractivity contribution in [2.75, 3.05) is 24.6 Å². The highest BCUT2D eigenvalue weighted by Gasteiger charge is 2.15. The lowest BCUT2D eigenvalue weighted by Crippen LogP contribution is -2.25. The van der Waals surface area contributed by atoms with Crippen molar-refractivity contribution in [3.05, 3.63) is 47.8 Å². The number of hydrogen-bond acceptors (Lipinski definition) is 5. The second kappa shape index (κ2) is 9.17. The van der Waals surface area contributed by atoms with Gasteiger partial charge in [-0.05, 0) is 49.6 Å². The summed E-state index contributed by atoms with van der Waals surface area (Å²) in [6, 6.07) is 9.07. The van der Waals surface area contributed by atoms with Gasteiger partial charge >= 0.3 is 0 Å². The molecule has 1 saturated heterocycles. The van der Waals surface area contributed by atoms with Crippen LogP contribution in [0.5, 0.6) is 5.75 Å². The van der Waals surface area contributed by atoms with Crippen LogP contribution in [0.15, 0.2) is 36.5 Å². The predicted octanol–water partition coefficient (Wildman–Crippen LogP) is 3.19. The SMILES string of the molecule is CCCCOc1ccc(C(=O)NCc2ccnc(N3CCCC3)n2)cc1. The van der Waals surface area contributed by atoms with Crippen LogP contribution < -0.4 is 15.0 Å². The lowest BCUT2D eigenvalue weighted by molar-refractivity contribution is 0.0950. The molecule has 1 amide bonds. The van der Waals surface area contributed by atoms with E-state index in [0.29, 0.717) is 18.7 Å². The van der Waals surface area contributed by atoms with Gasteiger partial charge in [-0.15, -0.1) is 0 Å². The number of unbranched alkanes of at least 4 members (excludes halogenated alkanes) is 1. The third-order valence-electron chi connectivity index (χ3n) is 4.40. The predicted molar refractivity (Wildman–Crippen MR) is 101 cm³/mol. The van der Waals surface area contributed by atoms with Crippen molar-refractivity contribution in [2.24, 2.45) is 0 Å². The van der Waals surface area contributed by atoms with Crippen molar-refractivity contribution in [1.82, 2.24) is 15.3 Å². The molecule has 0 atom stereocenters. The molecule has 0 unspecified atom stereocenters. The van der Waals surface area contributed by atoms with Crippen LogP contribution in [0.2, 0.25) is 0 Å². The van der Waals surface area contributed by atoms with E-state index in [0.717, 1.165) is 43.3 Å². The average Bonchev–Trinajstić information content (AvgIpc) is 3.22. The summed E-state index contributed by atoms with van der Waals surface area (Å²) in [7, 11) is 0. The number of aromatic nitrogens is 2. The number of carbonyl (C=O) groups excluding carboxylic acids is 1. The Hall–Kier alpha value is -2.63. The molecule has 138 valence electrons. The van der Waals surface area contributed by atoms with Crippen LogP contribution in [0.3, 0.4) is 0 Å². The summed E-state index contributed by atoms with van der Waals surface area (Å²) >= 11 is 0. The summed E-state index contributed by atoms with van der Waals surface area (Å²) in [6.07, 6.45) is 6.25. The van der Waals surface area contributed by atoms with Gasteiger partial charge in [0.25, 0.3) is 5.91 Å². The summed E-state index contributed by atoms with van der Waals surface area (Å²) in [5.74, 6) is 1.43. The maximum atomic E-state index is 12.3. The number of ether oxygens (including phenoxy) is 1. The van der Waals surface area contributed by atoms with Crippen LogP contribution in [0.4, 0.5) is 5.95 Å². The van der Waals surface area contributed by atoms with Crippen LogP contribution in [0.25, 0.3) is 0 Å². The molecule has 2 heterocycles. The van der Waals surface area contributed by atoms with Crippen LogP contribution in [0.1, 0.15) is 48.7 Å². The number of benzene rings is 1. The number of amides is 1. The zero-order chi connectivity index (χ0) is 18.2. The molecule has 1 aliphatic rings. The van der Waals surface area contributed by atoms with Crippen LogP contribution in [-0.4, -0.2) is 35.6 Å². The van der Waals surface area contributed by atoms with Crippen molar-refractivity contribution < 1.29 is 9.53 Å². The largest absolute Gasteiger partial charge is 0.494 e. The van der Waals surface area contributed by atoms with E-state index in [1.54, 1.807) is 18.3 Å². The molecule has 0 aliphatic carbocycles. The average molecular weight is 354 g/mol. The second-order valence-electron chi connectivity index (χ2n) is 6.45. The molecule has 0 radical (unpaired) electrons. The Kier molecular flexibility index (Phi) is 6.41. The van der Waals surface area contributed by atoms with E-state index in [9.17, 15) is 4.79 Å². The van der Waals surface area contributed by atoms with Crippen LogP contribution in [0, 0.1) is 0 Å². The molecule has 1 N–H and O–H groups in total. The first kappa shape index (κ1) is 18.2. The third-order valence-corrected chi connectivity index (χ3v) is 4.40. The molecule has 26 heavy (non-hydrogen) atoms. The minimum atomic E-state index is -0.119. The fraction of sp³-hybridized carbons (Fsp3) is 0.450. The van der Waals surface area contributed by atoms with E-state index in [1.165, 1.54) is 12.8 Å². The molecule has 1 aromatic heterocycles. The van der Waals surface area contributed by atoms with E-state index in [4.69, 9.17) is 4.74 Å². The Bertz CT molecular complexity index is 712. The molecule has 1 fully saturated rings. The van der Waals surface area contributed by atoms with Gasteiger partial charge in [0.2, 0.25) is 5.95 Å². The number of rotatable bonds is 8. The first-order valence-corrected chi connectivity index (χ1v) is 9.34. The normalized spacial score (nSPS) is 13.7. The molecule has 0 spiro atoms. The number of nitrogens with zero attached hydrogens (tertiary/aromatic N) is 3. The molecule has 0 bridgehead atoms. The molecule has 1 aromatic carbocycles. The van der Waals surface area contributed by atoms with Crippen LogP contribution >= 0.6 is 0 Å².